The Morgan fingerprint density at radius 2 is 2.18 bits per heavy atom. The van der Waals surface area contributed by atoms with E-state index in [0.717, 1.165) is 19.3 Å². The second-order valence-electron chi connectivity index (χ2n) is 3.94. The molecule has 1 aromatic heterocycles. The van der Waals surface area contributed by atoms with Crippen molar-refractivity contribution in [2.45, 2.75) is 30.2 Å². The molecule has 0 radical (unpaired) electrons. The maximum Gasteiger partial charge on any atom is 0.242 e. The lowest BCUT2D eigenvalue weighted by Gasteiger charge is -2.19. The first-order chi connectivity index (χ1) is 8.08. The van der Waals surface area contributed by atoms with Crippen LogP contribution in [0.2, 0.25) is 0 Å². The van der Waals surface area contributed by atoms with E-state index in [1.807, 2.05) is 6.08 Å². The smallest absolute Gasteiger partial charge is 0.242 e. The molecule has 0 saturated carbocycles. The van der Waals surface area contributed by atoms with Crippen molar-refractivity contribution in [1.29, 1.82) is 0 Å². The average Bonchev–Trinajstić information content (AvgIpc) is 2.30. The summed E-state index contributed by atoms with van der Waals surface area (Å²) in [6.07, 6.45) is 9.51. The Balaban J connectivity index is 2.16. The minimum Gasteiger partial charge on any atom is -0.262 e. The third-order valence-electron chi connectivity index (χ3n) is 2.58. The van der Waals surface area contributed by atoms with E-state index >= 15 is 0 Å². The van der Waals surface area contributed by atoms with Gasteiger partial charge in [0, 0.05) is 22.9 Å². The Labute approximate surface area is 109 Å². The maximum absolute atomic E-state index is 12.1. The fourth-order valence-corrected chi connectivity index (χ4v) is 3.51. The molecule has 1 heterocycles. The van der Waals surface area contributed by atoms with Gasteiger partial charge < -0.3 is 0 Å². The molecule has 92 valence electrons. The van der Waals surface area contributed by atoms with Gasteiger partial charge in [-0.25, -0.2) is 13.1 Å². The zero-order chi connectivity index (χ0) is 12.3. The lowest BCUT2D eigenvalue weighted by molar-refractivity contribution is 0.522. The van der Waals surface area contributed by atoms with Gasteiger partial charge in [-0.15, -0.1) is 0 Å². The van der Waals surface area contributed by atoms with Gasteiger partial charge in [-0.2, -0.15) is 0 Å². The van der Waals surface area contributed by atoms with Crippen LogP contribution >= 0.6 is 15.9 Å². The van der Waals surface area contributed by atoms with Crippen molar-refractivity contribution in [2.75, 3.05) is 0 Å². The van der Waals surface area contributed by atoms with E-state index in [1.54, 1.807) is 12.3 Å². The number of sulfonamides is 1. The quantitative estimate of drug-likeness (QED) is 0.870. The van der Waals surface area contributed by atoms with Gasteiger partial charge in [-0.05, 0) is 41.3 Å². The summed E-state index contributed by atoms with van der Waals surface area (Å²) in [5, 5.41) is 0. The van der Waals surface area contributed by atoms with Crippen LogP contribution in [0.15, 0.2) is 40.0 Å². The Morgan fingerprint density at radius 3 is 2.82 bits per heavy atom. The van der Waals surface area contributed by atoms with Gasteiger partial charge in [0.15, 0.2) is 0 Å². The Morgan fingerprint density at radius 1 is 1.35 bits per heavy atom. The van der Waals surface area contributed by atoms with Crippen molar-refractivity contribution in [3.05, 3.63) is 35.1 Å². The second kappa shape index (κ2) is 5.29. The van der Waals surface area contributed by atoms with Crippen LogP contribution < -0.4 is 4.72 Å². The molecule has 1 aliphatic rings. The lowest BCUT2D eigenvalue weighted by atomic mass is 10.0. The van der Waals surface area contributed by atoms with Crippen LogP contribution in [0.5, 0.6) is 0 Å². The van der Waals surface area contributed by atoms with Gasteiger partial charge in [-0.1, -0.05) is 12.2 Å². The van der Waals surface area contributed by atoms with Crippen LogP contribution in [0.25, 0.3) is 0 Å². The molecule has 1 atom stereocenters. The minimum atomic E-state index is -3.46. The molecule has 6 heteroatoms. The minimum absolute atomic E-state index is 0.0102. The van der Waals surface area contributed by atoms with Crippen LogP contribution in [-0.4, -0.2) is 19.4 Å². The number of aromatic nitrogens is 1. The monoisotopic (exact) mass is 316 g/mol. The molecule has 1 unspecified atom stereocenters. The molecule has 17 heavy (non-hydrogen) atoms. The van der Waals surface area contributed by atoms with Crippen molar-refractivity contribution in [3.8, 4) is 0 Å². The standard InChI is InChI=1S/C11H13BrN2O2S/c12-9-6-11(8-13-7-9)17(15,16)14-10-4-2-1-3-5-10/h1-2,6-8,10,14H,3-5H2. The van der Waals surface area contributed by atoms with Gasteiger partial charge in [-0.3, -0.25) is 4.98 Å². The number of halogens is 1. The molecule has 2 rings (SSSR count). The largest absolute Gasteiger partial charge is 0.262 e. The van der Waals surface area contributed by atoms with Crippen molar-refractivity contribution in [3.63, 3.8) is 0 Å². The number of pyridine rings is 1. The van der Waals surface area contributed by atoms with Crippen LogP contribution in [0.3, 0.4) is 0 Å². The molecule has 0 aromatic carbocycles. The highest BCUT2D eigenvalue weighted by molar-refractivity contribution is 9.10. The zero-order valence-electron chi connectivity index (χ0n) is 9.14. The molecule has 0 amide bonds. The highest BCUT2D eigenvalue weighted by Crippen LogP contribution is 2.17. The molecule has 1 aromatic rings. The molecule has 0 aliphatic heterocycles. The van der Waals surface area contributed by atoms with Crippen molar-refractivity contribution >= 4 is 26.0 Å². The summed E-state index contributed by atoms with van der Waals surface area (Å²) >= 11 is 3.21. The molecule has 1 aliphatic carbocycles. The summed E-state index contributed by atoms with van der Waals surface area (Å²) in [6, 6.07) is 1.54. The fourth-order valence-electron chi connectivity index (χ4n) is 1.73. The highest BCUT2D eigenvalue weighted by atomic mass is 79.9. The van der Waals surface area contributed by atoms with E-state index in [-0.39, 0.29) is 10.9 Å². The zero-order valence-corrected chi connectivity index (χ0v) is 11.5. The maximum atomic E-state index is 12.1. The Bertz CT molecular complexity index is 528. The molecule has 0 fully saturated rings. The van der Waals surface area contributed by atoms with Crippen molar-refractivity contribution in [2.24, 2.45) is 0 Å². The van der Waals surface area contributed by atoms with E-state index in [0.29, 0.717) is 4.47 Å². The fraction of sp³-hybridized carbons (Fsp3) is 0.364. The normalized spacial score (nSPS) is 20.4. The molecular weight excluding hydrogens is 304 g/mol. The average molecular weight is 317 g/mol. The summed E-state index contributed by atoms with van der Waals surface area (Å²) in [7, 11) is -3.46. The van der Waals surface area contributed by atoms with Gasteiger partial charge in [0.1, 0.15) is 4.90 Å². The van der Waals surface area contributed by atoms with Gasteiger partial charge in [0.25, 0.3) is 0 Å². The number of nitrogens with one attached hydrogen (secondary N) is 1. The van der Waals surface area contributed by atoms with E-state index in [2.05, 4.69) is 31.7 Å². The lowest BCUT2D eigenvalue weighted by Crippen LogP contribution is -2.35. The summed E-state index contributed by atoms with van der Waals surface area (Å²) in [6.45, 7) is 0. The first-order valence-corrected chi connectivity index (χ1v) is 7.63. The van der Waals surface area contributed by atoms with E-state index in [4.69, 9.17) is 0 Å². The van der Waals surface area contributed by atoms with Crippen LogP contribution in [0.4, 0.5) is 0 Å². The van der Waals surface area contributed by atoms with E-state index in [1.165, 1.54) is 6.20 Å². The molecule has 4 nitrogen and oxygen atoms in total. The number of rotatable bonds is 3. The first-order valence-electron chi connectivity index (χ1n) is 5.36. The predicted octanol–water partition coefficient (Wildman–Crippen LogP) is 2.23. The third kappa shape index (κ3) is 3.37. The Kier molecular flexibility index (Phi) is 3.96. The topological polar surface area (TPSA) is 59.1 Å². The van der Waals surface area contributed by atoms with E-state index < -0.39 is 10.0 Å². The Hall–Kier alpha value is -0.720. The van der Waals surface area contributed by atoms with Gasteiger partial charge >= 0.3 is 0 Å². The molecule has 0 spiro atoms. The number of nitrogens with zero attached hydrogens (tertiary/aromatic N) is 1. The SMILES string of the molecule is O=S(=O)(NC1CC=CCC1)c1cncc(Br)c1. The number of hydrogen-bond donors (Lipinski definition) is 1. The predicted molar refractivity (Wildman–Crippen MR) is 69.0 cm³/mol. The molecule has 1 N–H and O–H groups in total. The van der Waals surface area contributed by atoms with Gasteiger partial charge in [0.2, 0.25) is 10.0 Å². The molecule has 0 saturated heterocycles. The summed E-state index contributed by atoms with van der Waals surface area (Å²) in [5.41, 5.74) is 0. The summed E-state index contributed by atoms with van der Waals surface area (Å²) in [5.74, 6) is 0. The van der Waals surface area contributed by atoms with Crippen LogP contribution in [0.1, 0.15) is 19.3 Å². The van der Waals surface area contributed by atoms with Crippen molar-refractivity contribution in [1.82, 2.24) is 9.71 Å². The third-order valence-corrected chi connectivity index (χ3v) is 4.50. The number of hydrogen-bond acceptors (Lipinski definition) is 3. The van der Waals surface area contributed by atoms with E-state index in [9.17, 15) is 8.42 Å². The second-order valence-corrected chi connectivity index (χ2v) is 6.57. The van der Waals surface area contributed by atoms with Gasteiger partial charge in [0.05, 0.1) is 0 Å². The molecular formula is C11H13BrN2O2S. The van der Waals surface area contributed by atoms with Crippen LogP contribution in [0, 0.1) is 0 Å². The molecule has 0 bridgehead atoms. The first kappa shape index (κ1) is 12.7. The summed E-state index contributed by atoms with van der Waals surface area (Å²) in [4.78, 5) is 4.06. The van der Waals surface area contributed by atoms with Crippen LogP contribution in [-0.2, 0) is 10.0 Å². The summed E-state index contributed by atoms with van der Waals surface area (Å²) < 4.78 is 27.5. The van der Waals surface area contributed by atoms with Crippen molar-refractivity contribution < 1.29 is 8.42 Å². The number of allylic oxidation sites excluding steroid dienone is 1. The highest BCUT2D eigenvalue weighted by Gasteiger charge is 2.20.